The maximum Gasteiger partial charge on any atom is 0.324 e. The number of hydrogen-bond acceptors (Lipinski definition) is 3. The van der Waals surface area contributed by atoms with Crippen molar-refractivity contribution in [3.8, 4) is 0 Å². The summed E-state index contributed by atoms with van der Waals surface area (Å²) in [5.41, 5.74) is 3.58. The van der Waals surface area contributed by atoms with Crippen LogP contribution in [-0.4, -0.2) is 11.9 Å². The first-order chi connectivity index (χ1) is 12.5. The molecule has 2 aromatic carbocycles. The molecule has 0 spiro atoms. The average molecular weight is 365 g/mol. The number of nitrogens with one attached hydrogen (secondary N) is 3. The Kier molecular flexibility index (Phi) is 5.34. The second-order valence-electron chi connectivity index (χ2n) is 5.88. The molecular weight excluding hydrogens is 346 g/mol. The summed E-state index contributed by atoms with van der Waals surface area (Å²) in [4.78, 5) is 25.0. The first-order valence-corrected chi connectivity index (χ1v) is 8.94. The van der Waals surface area contributed by atoms with E-state index in [1.807, 2.05) is 50.2 Å². The monoisotopic (exact) mass is 365 g/mol. The van der Waals surface area contributed by atoms with Crippen molar-refractivity contribution < 1.29 is 9.59 Å². The van der Waals surface area contributed by atoms with Crippen molar-refractivity contribution in [3.05, 3.63) is 76.7 Å². The third-order valence-corrected chi connectivity index (χ3v) is 4.74. The molecule has 0 unspecified atom stereocenters. The fourth-order valence-electron chi connectivity index (χ4n) is 2.38. The standard InChI is InChI=1S/C20H19N3O2S/c1-13-8-9-14(2)16(12-13)22-19(24)17-10-11-18(26-17)23-20(25)21-15-6-4-3-5-7-15/h3-12H,1-2H3,(H,22,24)(H2,21,23,25). The van der Waals surface area contributed by atoms with Crippen LogP contribution in [0.5, 0.6) is 0 Å². The topological polar surface area (TPSA) is 70.2 Å². The number of hydrogen-bond donors (Lipinski definition) is 3. The summed E-state index contributed by atoms with van der Waals surface area (Å²) in [6.45, 7) is 3.93. The number of anilines is 3. The predicted molar refractivity (Wildman–Crippen MR) is 107 cm³/mol. The second-order valence-corrected chi connectivity index (χ2v) is 6.97. The zero-order chi connectivity index (χ0) is 18.5. The van der Waals surface area contributed by atoms with E-state index in [9.17, 15) is 9.59 Å². The number of carbonyl (C=O) groups excluding carboxylic acids is 2. The van der Waals surface area contributed by atoms with Crippen LogP contribution in [0.4, 0.5) is 21.2 Å². The van der Waals surface area contributed by atoms with Crippen LogP contribution in [0.2, 0.25) is 0 Å². The lowest BCUT2D eigenvalue weighted by Gasteiger charge is -2.08. The summed E-state index contributed by atoms with van der Waals surface area (Å²) >= 11 is 1.23. The van der Waals surface area contributed by atoms with Crippen molar-refractivity contribution >= 4 is 39.7 Å². The maximum atomic E-state index is 12.4. The van der Waals surface area contributed by atoms with Crippen molar-refractivity contribution in [2.75, 3.05) is 16.0 Å². The molecule has 0 saturated carbocycles. The number of benzene rings is 2. The Labute approximate surface area is 156 Å². The van der Waals surface area contributed by atoms with Gasteiger partial charge < -0.3 is 10.6 Å². The number of urea groups is 1. The summed E-state index contributed by atoms with van der Waals surface area (Å²) < 4.78 is 0. The molecule has 0 saturated heterocycles. The molecule has 3 aromatic rings. The summed E-state index contributed by atoms with van der Waals surface area (Å²) in [5, 5.41) is 9.00. The van der Waals surface area contributed by atoms with Crippen molar-refractivity contribution in [2.45, 2.75) is 13.8 Å². The molecule has 26 heavy (non-hydrogen) atoms. The highest BCUT2D eigenvalue weighted by molar-refractivity contribution is 7.18. The minimum absolute atomic E-state index is 0.194. The van der Waals surface area contributed by atoms with Gasteiger partial charge in [0.1, 0.15) is 0 Å². The van der Waals surface area contributed by atoms with Gasteiger partial charge in [-0.25, -0.2) is 4.79 Å². The molecule has 3 rings (SSSR count). The highest BCUT2D eigenvalue weighted by Crippen LogP contribution is 2.24. The Bertz CT molecular complexity index is 935. The van der Waals surface area contributed by atoms with Crippen LogP contribution >= 0.6 is 11.3 Å². The molecule has 5 nitrogen and oxygen atoms in total. The molecular formula is C20H19N3O2S. The number of amides is 3. The van der Waals surface area contributed by atoms with Gasteiger partial charge in [-0.3, -0.25) is 10.1 Å². The molecule has 3 N–H and O–H groups in total. The van der Waals surface area contributed by atoms with Crippen molar-refractivity contribution in [1.82, 2.24) is 0 Å². The number of rotatable bonds is 4. The first-order valence-electron chi connectivity index (χ1n) is 8.13. The average Bonchev–Trinajstić information content (AvgIpc) is 3.07. The third kappa shape index (κ3) is 4.49. The van der Waals surface area contributed by atoms with Crippen LogP contribution in [0.1, 0.15) is 20.8 Å². The van der Waals surface area contributed by atoms with Gasteiger partial charge in [0, 0.05) is 11.4 Å². The van der Waals surface area contributed by atoms with Crippen LogP contribution in [0, 0.1) is 13.8 Å². The molecule has 0 bridgehead atoms. The highest BCUT2D eigenvalue weighted by atomic mass is 32.1. The largest absolute Gasteiger partial charge is 0.324 e. The zero-order valence-electron chi connectivity index (χ0n) is 14.5. The number of aryl methyl sites for hydroxylation is 2. The smallest absolute Gasteiger partial charge is 0.321 e. The minimum Gasteiger partial charge on any atom is -0.321 e. The Morgan fingerprint density at radius 2 is 1.62 bits per heavy atom. The maximum absolute atomic E-state index is 12.4. The summed E-state index contributed by atoms with van der Waals surface area (Å²) in [6, 6.07) is 18.2. The zero-order valence-corrected chi connectivity index (χ0v) is 15.3. The van der Waals surface area contributed by atoms with Gasteiger partial charge >= 0.3 is 6.03 Å². The van der Waals surface area contributed by atoms with E-state index >= 15 is 0 Å². The van der Waals surface area contributed by atoms with E-state index in [2.05, 4.69) is 16.0 Å². The molecule has 0 aliphatic heterocycles. The van der Waals surface area contributed by atoms with Crippen LogP contribution in [0.25, 0.3) is 0 Å². The van der Waals surface area contributed by atoms with E-state index in [-0.39, 0.29) is 11.9 Å². The van der Waals surface area contributed by atoms with Gasteiger partial charge in [-0.05, 0) is 55.3 Å². The lowest BCUT2D eigenvalue weighted by molar-refractivity contribution is 0.103. The Morgan fingerprint density at radius 1 is 0.846 bits per heavy atom. The van der Waals surface area contributed by atoms with E-state index < -0.39 is 0 Å². The van der Waals surface area contributed by atoms with Gasteiger partial charge in [0.25, 0.3) is 5.91 Å². The van der Waals surface area contributed by atoms with Crippen molar-refractivity contribution in [1.29, 1.82) is 0 Å². The fraction of sp³-hybridized carbons (Fsp3) is 0.100. The molecule has 0 radical (unpaired) electrons. The molecule has 6 heteroatoms. The third-order valence-electron chi connectivity index (χ3n) is 3.74. The van der Waals surface area contributed by atoms with E-state index in [1.165, 1.54) is 11.3 Å². The summed E-state index contributed by atoms with van der Waals surface area (Å²) in [5.74, 6) is -0.194. The lowest BCUT2D eigenvalue weighted by Crippen LogP contribution is -2.18. The van der Waals surface area contributed by atoms with Gasteiger partial charge in [-0.15, -0.1) is 11.3 Å². The van der Waals surface area contributed by atoms with Crippen LogP contribution in [-0.2, 0) is 0 Å². The molecule has 1 heterocycles. The molecule has 132 valence electrons. The predicted octanol–water partition coefficient (Wildman–Crippen LogP) is 5.26. The summed E-state index contributed by atoms with van der Waals surface area (Å²) in [6.07, 6.45) is 0. The van der Waals surface area contributed by atoms with Crippen molar-refractivity contribution in [3.63, 3.8) is 0 Å². The lowest BCUT2D eigenvalue weighted by atomic mass is 10.1. The van der Waals surface area contributed by atoms with Crippen LogP contribution < -0.4 is 16.0 Å². The summed E-state index contributed by atoms with van der Waals surface area (Å²) in [7, 11) is 0. The van der Waals surface area contributed by atoms with Gasteiger partial charge in [-0.1, -0.05) is 30.3 Å². The van der Waals surface area contributed by atoms with E-state index in [0.717, 1.165) is 16.8 Å². The van der Waals surface area contributed by atoms with Crippen molar-refractivity contribution in [2.24, 2.45) is 0 Å². The molecule has 0 atom stereocenters. The Morgan fingerprint density at radius 3 is 2.38 bits per heavy atom. The number of thiophene rings is 1. The van der Waals surface area contributed by atoms with Gasteiger partial charge in [-0.2, -0.15) is 0 Å². The number of carbonyl (C=O) groups is 2. The SMILES string of the molecule is Cc1ccc(C)c(NC(=O)c2ccc(NC(=O)Nc3ccccc3)s2)c1. The highest BCUT2D eigenvalue weighted by Gasteiger charge is 2.12. The molecule has 0 aliphatic rings. The van der Waals surface area contributed by atoms with Crippen LogP contribution in [0.3, 0.4) is 0 Å². The molecule has 3 amide bonds. The van der Waals surface area contributed by atoms with E-state index in [0.29, 0.717) is 15.6 Å². The first kappa shape index (κ1) is 17.7. The van der Waals surface area contributed by atoms with Gasteiger partial charge in [0.2, 0.25) is 0 Å². The normalized spacial score (nSPS) is 10.2. The van der Waals surface area contributed by atoms with Gasteiger partial charge in [0.05, 0.1) is 9.88 Å². The fourth-order valence-corrected chi connectivity index (χ4v) is 3.17. The number of para-hydroxylation sites is 1. The van der Waals surface area contributed by atoms with E-state index in [4.69, 9.17) is 0 Å². The van der Waals surface area contributed by atoms with E-state index in [1.54, 1.807) is 24.3 Å². The minimum atomic E-state index is -0.348. The molecule has 1 aromatic heterocycles. The van der Waals surface area contributed by atoms with Gasteiger partial charge in [0.15, 0.2) is 0 Å². The molecule has 0 aliphatic carbocycles. The molecule has 0 fully saturated rings. The Balaban J connectivity index is 1.62. The Hall–Kier alpha value is -3.12. The quantitative estimate of drug-likeness (QED) is 0.590. The van der Waals surface area contributed by atoms with Crippen LogP contribution in [0.15, 0.2) is 60.7 Å². The second kappa shape index (κ2) is 7.84.